The highest BCUT2D eigenvalue weighted by atomic mass is 32.2. The van der Waals surface area contributed by atoms with Crippen LogP contribution in [-0.2, 0) is 4.79 Å². The Morgan fingerprint density at radius 3 is 2.92 bits per heavy atom. The molecule has 2 aromatic carbocycles. The predicted molar refractivity (Wildman–Crippen MR) is 110 cm³/mol. The van der Waals surface area contributed by atoms with Gasteiger partial charge in [0.25, 0.3) is 0 Å². The summed E-state index contributed by atoms with van der Waals surface area (Å²) in [5, 5.41) is 4.19. The van der Waals surface area contributed by atoms with Gasteiger partial charge in [-0.3, -0.25) is 9.69 Å². The largest absolute Gasteiger partial charge is 0.324 e. The predicted octanol–water partition coefficient (Wildman–Crippen LogP) is 4.79. The van der Waals surface area contributed by atoms with Crippen LogP contribution in [0.25, 0.3) is 10.2 Å². The first kappa shape index (κ1) is 17.5. The van der Waals surface area contributed by atoms with Crippen LogP contribution in [0, 0.1) is 0 Å². The molecular formula is C20H21N3OS2. The number of fused-ring (bicyclic) bond motifs is 1. The van der Waals surface area contributed by atoms with Crippen molar-refractivity contribution in [1.82, 2.24) is 9.88 Å². The molecule has 1 aliphatic heterocycles. The summed E-state index contributed by atoms with van der Waals surface area (Å²) in [6.45, 7) is 1.35. The van der Waals surface area contributed by atoms with Gasteiger partial charge in [0.05, 0.1) is 28.5 Å². The zero-order valence-corrected chi connectivity index (χ0v) is 16.3. The summed E-state index contributed by atoms with van der Waals surface area (Å²) < 4.78 is 1.22. The molecule has 0 spiro atoms. The topological polar surface area (TPSA) is 45.2 Å². The molecule has 1 amide bonds. The van der Waals surface area contributed by atoms with Gasteiger partial charge in [-0.25, -0.2) is 4.98 Å². The minimum absolute atomic E-state index is 0.0412. The van der Waals surface area contributed by atoms with Gasteiger partial charge in [-0.2, -0.15) is 0 Å². The highest BCUT2D eigenvalue weighted by molar-refractivity contribution is 7.98. The van der Waals surface area contributed by atoms with Crippen molar-refractivity contribution in [2.45, 2.75) is 23.8 Å². The molecule has 134 valence electrons. The van der Waals surface area contributed by atoms with E-state index in [0.717, 1.165) is 40.5 Å². The average Bonchev–Trinajstić information content (AvgIpc) is 3.28. The van der Waals surface area contributed by atoms with E-state index in [1.165, 1.54) is 4.70 Å². The van der Waals surface area contributed by atoms with Gasteiger partial charge < -0.3 is 5.32 Å². The molecule has 1 atom stereocenters. The Morgan fingerprint density at radius 2 is 2.08 bits per heavy atom. The Morgan fingerprint density at radius 1 is 1.27 bits per heavy atom. The Kier molecular flexibility index (Phi) is 5.24. The summed E-state index contributed by atoms with van der Waals surface area (Å²) in [6.07, 6.45) is 4.19. The summed E-state index contributed by atoms with van der Waals surface area (Å²) in [4.78, 5) is 20.8. The van der Waals surface area contributed by atoms with Crippen molar-refractivity contribution in [3.8, 4) is 0 Å². The molecular weight excluding hydrogens is 362 g/mol. The SMILES string of the molecule is CSc1ccccc1NC(=O)CN1CCC[C@@H]1c1nc2ccccc2s1. The van der Waals surface area contributed by atoms with E-state index in [1.54, 1.807) is 23.1 Å². The van der Waals surface area contributed by atoms with Crippen LogP contribution in [0.4, 0.5) is 5.69 Å². The van der Waals surface area contributed by atoms with Crippen LogP contribution in [0.1, 0.15) is 23.9 Å². The third-order valence-corrected chi connectivity index (χ3v) is 6.62. The van der Waals surface area contributed by atoms with Gasteiger partial charge in [-0.05, 0) is 49.9 Å². The van der Waals surface area contributed by atoms with Gasteiger partial charge in [-0.15, -0.1) is 23.1 Å². The first-order valence-electron chi connectivity index (χ1n) is 8.77. The van der Waals surface area contributed by atoms with E-state index in [0.29, 0.717) is 6.54 Å². The standard InChI is InChI=1S/C20H21N3OS2/c1-25-17-10-4-2-7-14(17)21-19(24)13-23-12-6-9-16(23)20-22-15-8-3-5-11-18(15)26-20/h2-5,7-8,10-11,16H,6,9,12-13H2,1H3,(H,21,24)/t16-/m1/s1. The van der Waals surface area contributed by atoms with E-state index in [1.807, 2.05) is 42.7 Å². The van der Waals surface area contributed by atoms with E-state index in [4.69, 9.17) is 4.98 Å². The number of likely N-dealkylation sites (tertiary alicyclic amines) is 1. The Labute approximate surface area is 161 Å². The number of carbonyl (C=O) groups excluding carboxylic acids is 1. The molecule has 0 aliphatic carbocycles. The molecule has 26 heavy (non-hydrogen) atoms. The molecule has 1 N–H and O–H groups in total. The fraction of sp³-hybridized carbons (Fsp3) is 0.300. The smallest absolute Gasteiger partial charge is 0.238 e. The van der Waals surface area contributed by atoms with Gasteiger partial charge in [0.1, 0.15) is 5.01 Å². The highest BCUT2D eigenvalue weighted by Gasteiger charge is 2.30. The Balaban J connectivity index is 1.47. The maximum atomic E-state index is 12.6. The van der Waals surface area contributed by atoms with E-state index >= 15 is 0 Å². The van der Waals surface area contributed by atoms with Crippen LogP contribution in [0.3, 0.4) is 0 Å². The zero-order valence-electron chi connectivity index (χ0n) is 14.6. The molecule has 0 radical (unpaired) electrons. The number of aromatic nitrogens is 1. The number of hydrogen-bond donors (Lipinski definition) is 1. The highest BCUT2D eigenvalue weighted by Crippen LogP contribution is 2.36. The number of rotatable bonds is 5. The minimum Gasteiger partial charge on any atom is -0.324 e. The van der Waals surface area contributed by atoms with Crippen LogP contribution < -0.4 is 5.32 Å². The van der Waals surface area contributed by atoms with Crippen molar-refractivity contribution in [1.29, 1.82) is 0 Å². The van der Waals surface area contributed by atoms with E-state index in [-0.39, 0.29) is 11.9 Å². The maximum absolute atomic E-state index is 12.6. The number of benzene rings is 2. The molecule has 4 rings (SSSR count). The number of thiazole rings is 1. The van der Waals surface area contributed by atoms with Crippen LogP contribution in [-0.4, -0.2) is 35.1 Å². The number of anilines is 1. The summed E-state index contributed by atoms with van der Waals surface area (Å²) in [7, 11) is 0. The molecule has 2 heterocycles. The fourth-order valence-electron chi connectivity index (χ4n) is 3.45. The van der Waals surface area contributed by atoms with Crippen molar-refractivity contribution >= 4 is 44.9 Å². The third kappa shape index (κ3) is 3.63. The molecule has 0 unspecified atom stereocenters. The van der Waals surface area contributed by atoms with Crippen molar-refractivity contribution in [3.05, 3.63) is 53.5 Å². The summed E-state index contributed by atoms with van der Waals surface area (Å²) >= 11 is 3.39. The monoisotopic (exact) mass is 383 g/mol. The van der Waals surface area contributed by atoms with Gasteiger partial charge in [0.2, 0.25) is 5.91 Å². The first-order chi connectivity index (χ1) is 12.7. The van der Waals surface area contributed by atoms with E-state index in [2.05, 4.69) is 22.3 Å². The summed E-state index contributed by atoms with van der Waals surface area (Å²) in [5.41, 5.74) is 1.94. The van der Waals surface area contributed by atoms with Crippen molar-refractivity contribution in [2.75, 3.05) is 24.7 Å². The van der Waals surface area contributed by atoms with E-state index in [9.17, 15) is 4.79 Å². The molecule has 1 aromatic heterocycles. The number of amides is 1. The molecule has 6 heteroatoms. The van der Waals surface area contributed by atoms with Gasteiger partial charge in [0, 0.05) is 4.90 Å². The Hall–Kier alpha value is -1.89. The molecule has 3 aromatic rings. The van der Waals surface area contributed by atoms with Gasteiger partial charge >= 0.3 is 0 Å². The lowest BCUT2D eigenvalue weighted by Crippen LogP contribution is -2.33. The van der Waals surface area contributed by atoms with Gasteiger partial charge in [-0.1, -0.05) is 24.3 Å². The normalized spacial score (nSPS) is 17.7. The lowest BCUT2D eigenvalue weighted by molar-refractivity contribution is -0.117. The number of thioether (sulfide) groups is 1. The van der Waals surface area contributed by atoms with Crippen LogP contribution in [0.5, 0.6) is 0 Å². The zero-order chi connectivity index (χ0) is 17.9. The van der Waals surface area contributed by atoms with Crippen LogP contribution in [0.2, 0.25) is 0 Å². The molecule has 1 fully saturated rings. The summed E-state index contributed by atoms with van der Waals surface area (Å²) in [6, 6.07) is 16.4. The maximum Gasteiger partial charge on any atom is 0.238 e. The molecule has 4 nitrogen and oxygen atoms in total. The number of nitrogens with zero attached hydrogens (tertiary/aromatic N) is 2. The molecule has 0 bridgehead atoms. The van der Waals surface area contributed by atoms with Crippen molar-refractivity contribution < 1.29 is 4.79 Å². The lowest BCUT2D eigenvalue weighted by atomic mass is 10.2. The number of hydrogen-bond acceptors (Lipinski definition) is 5. The fourth-order valence-corrected chi connectivity index (χ4v) is 5.14. The van der Waals surface area contributed by atoms with Crippen LogP contribution >= 0.6 is 23.1 Å². The second-order valence-corrected chi connectivity index (χ2v) is 8.31. The quantitative estimate of drug-likeness (QED) is 0.643. The second kappa shape index (κ2) is 7.78. The van der Waals surface area contributed by atoms with E-state index < -0.39 is 0 Å². The van der Waals surface area contributed by atoms with Gasteiger partial charge in [0.15, 0.2) is 0 Å². The average molecular weight is 384 g/mol. The Bertz CT molecular complexity index is 891. The minimum atomic E-state index is 0.0412. The second-order valence-electron chi connectivity index (χ2n) is 6.40. The molecule has 1 aliphatic rings. The lowest BCUT2D eigenvalue weighted by Gasteiger charge is -2.22. The third-order valence-electron chi connectivity index (χ3n) is 4.69. The summed E-state index contributed by atoms with van der Waals surface area (Å²) in [5.74, 6) is 0.0412. The molecule has 0 saturated carbocycles. The molecule has 1 saturated heterocycles. The number of nitrogens with one attached hydrogen (secondary N) is 1. The number of para-hydroxylation sites is 2. The van der Waals surface area contributed by atoms with Crippen LogP contribution in [0.15, 0.2) is 53.4 Å². The van der Waals surface area contributed by atoms with Crippen molar-refractivity contribution in [3.63, 3.8) is 0 Å². The first-order valence-corrected chi connectivity index (χ1v) is 10.8. The number of carbonyl (C=O) groups is 1. The van der Waals surface area contributed by atoms with Crippen molar-refractivity contribution in [2.24, 2.45) is 0 Å².